The molecule has 0 heterocycles. The lowest BCUT2D eigenvalue weighted by Gasteiger charge is -2.22. The summed E-state index contributed by atoms with van der Waals surface area (Å²) in [6, 6.07) is 0. The van der Waals surface area contributed by atoms with E-state index in [-0.39, 0.29) is 18.3 Å². The van der Waals surface area contributed by atoms with Crippen LogP contribution in [0.4, 0.5) is 4.79 Å². The first-order valence-corrected chi connectivity index (χ1v) is 9.89. The molecule has 27 heavy (non-hydrogen) atoms. The topological polar surface area (TPSA) is 102 Å². The Labute approximate surface area is 163 Å². The lowest BCUT2D eigenvalue weighted by molar-refractivity contribution is -0.178. The molecule has 0 saturated heterocycles. The fourth-order valence-electron chi connectivity index (χ4n) is 2.65. The van der Waals surface area contributed by atoms with Crippen molar-refractivity contribution < 1.29 is 29.0 Å². The van der Waals surface area contributed by atoms with Gasteiger partial charge in [-0.15, -0.1) is 0 Å². The number of carbonyl (C=O) groups is 3. The molecule has 0 fully saturated rings. The van der Waals surface area contributed by atoms with Gasteiger partial charge in [0.1, 0.15) is 0 Å². The Morgan fingerprint density at radius 2 is 1.59 bits per heavy atom. The van der Waals surface area contributed by atoms with Crippen molar-refractivity contribution in [3.63, 3.8) is 0 Å². The Morgan fingerprint density at radius 1 is 0.963 bits per heavy atom. The molecule has 0 spiro atoms. The number of carboxylic acids is 1. The summed E-state index contributed by atoms with van der Waals surface area (Å²) >= 11 is 0. The van der Waals surface area contributed by atoms with Gasteiger partial charge >= 0.3 is 18.0 Å². The number of esters is 1. The van der Waals surface area contributed by atoms with Gasteiger partial charge in [-0.2, -0.15) is 0 Å². The molecule has 0 radical (unpaired) electrons. The Kier molecular flexibility index (Phi) is 12.5. The summed E-state index contributed by atoms with van der Waals surface area (Å²) in [5, 5.41) is 11.5. The van der Waals surface area contributed by atoms with Gasteiger partial charge in [-0.05, 0) is 37.5 Å². The highest BCUT2D eigenvalue weighted by molar-refractivity contribution is 5.72. The fraction of sp³-hybridized carbons (Fsp3) is 0.850. The highest BCUT2D eigenvalue weighted by atomic mass is 16.7. The Balaban J connectivity index is 4.29. The summed E-state index contributed by atoms with van der Waals surface area (Å²) in [4.78, 5) is 34.4. The molecule has 0 aliphatic carbocycles. The predicted molar refractivity (Wildman–Crippen MR) is 103 cm³/mol. The molecule has 1 amide bonds. The molecule has 0 aliphatic rings. The molecule has 2 N–H and O–H groups in total. The number of rotatable bonds is 13. The molecule has 7 nitrogen and oxygen atoms in total. The molecule has 0 saturated carbocycles. The third kappa shape index (κ3) is 13.1. The van der Waals surface area contributed by atoms with Crippen LogP contribution in [-0.4, -0.2) is 36.0 Å². The van der Waals surface area contributed by atoms with Crippen LogP contribution in [0.2, 0.25) is 0 Å². The highest BCUT2D eigenvalue weighted by Gasteiger charge is 2.24. The van der Waals surface area contributed by atoms with Crippen LogP contribution in [0.3, 0.4) is 0 Å². The lowest BCUT2D eigenvalue weighted by Crippen LogP contribution is -2.35. The quantitative estimate of drug-likeness (QED) is 0.279. The zero-order valence-electron chi connectivity index (χ0n) is 17.6. The van der Waals surface area contributed by atoms with Gasteiger partial charge in [-0.25, -0.2) is 4.79 Å². The normalized spacial score (nSPS) is 13.5. The SMILES string of the molecule is CC(C)C[C@H](CCCNC(=O)O[C@H](OC(=O)C(C)C)C(C)C)CCC(=O)O. The maximum atomic E-state index is 11.9. The first-order chi connectivity index (χ1) is 12.5. The molecule has 158 valence electrons. The van der Waals surface area contributed by atoms with E-state index in [9.17, 15) is 14.4 Å². The van der Waals surface area contributed by atoms with E-state index < -0.39 is 24.3 Å². The Bertz CT molecular complexity index is 461. The van der Waals surface area contributed by atoms with Crippen LogP contribution >= 0.6 is 0 Å². The first kappa shape index (κ1) is 25.2. The van der Waals surface area contributed by atoms with Crippen molar-refractivity contribution in [3.05, 3.63) is 0 Å². The van der Waals surface area contributed by atoms with Crippen LogP contribution in [0.25, 0.3) is 0 Å². The third-order valence-electron chi connectivity index (χ3n) is 4.10. The van der Waals surface area contributed by atoms with Crippen molar-refractivity contribution in [2.45, 2.75) is 79.9 Å². The molecular weight excluding hydrogens is 350 g/mol. The van der Waals surface area contributed by atoms with Crippen molar-refractivity contribution >= 4 is 18.0 Å². The monoisotopic (exact) mass is 387 g/mol. The summed E-state index contributed by atoms with van der Waals surface area (Å²) in [5.41, 5.74) is 0. The van der Waals surface area contributed by atoms with Crippen LogP contribution in [0.15, 0.2) is 0 Å². The molecule has 0 bridgehead atoms. The van der Waals surface area contributed by atoms with E-state index in [4.69, 9.17) is 14.6 Å². The number of nitrogens with one attached hydrogen (secondary N) is 1. The van der Waals surface area contributed by atoms with Crippen LogP contribution in [0.5, 0.6) is 0 Å². The van der Waals surface area contributed by atoms with Crippen molar-refractivity contribution in [2.24, 2.45) is 23.7 Å². The number of hydrogen-bond donors (Lipinski definition) is 2. The van der Waals surface area contributed by atoms with E-state index in [1.165, 1.54) is 0 Å². The molecule has 0 aromatic rings. The van der Waals surface area contributed by atoms with Crippen molar-refractivity contribution in [3.8, 4) is 0 Å². The van der Waals surface area contributed by atoms with Gasteiger partial charge in [0.2, 0.25) is 0 Å². The molecule has 0 rings (SSSR count). The number of ether oxygens (including phenoxy) is 2. The van der Waals surface area contributed by atoms with E-state index >= 15 is 0 Å². The van der Waals surface area contributed by atoms with Gasteiger partial charge < -0.3 is 19.9 Å². The van der Waals surface area contributed by atoms with Gasteiger partial charge in [-0.3, -0.25) is 9.59 Å². The van der Waals surface area contributed by atoms with Crippen molar-refractivity contribution in [2.75, 3.05) is 6.54 Å². The summed E-state index contributed by atoms with van der Waals surface area (Å²) < 4.78 is 10.4. The molecule has 0 aromatic heterocycles. The van der Waals surface area contributed by atoms with E-state index in [1.807, 2.05) is 13.8 Å². The second kappa shape index (κ2) is 13.4. The molecule has 0 aliphatic heterocycles. The maximum absolute atomic E-state index is 11.9. The minimum atomic E-state index is -0.913. The molecule has 0 aromatic carbocycles. The van der Waals surface area contributed by atoms with Crippen LogP contribution in [-0.2, 0) is 19.1 Å². The van der Waals surface area contributed by atoms with E-state index in [2.05, 4.69) is 19.2 Å². The van der Waals surface area contributed by atoms with E-state index in [1.54, 1.807) is 13.8 Å². The minimum Gasteiger partial charge on any atom is -0.481 e. The highest BCUT2D eigenvalue weighted by Crippen LogP contribution is 2.22. The number of amides is 1. The standard InChI is InChI=1S/C20H37NO6/c1-13(2)12-16(9-10-17(22)23)8-7-11-21-20(25)27-19(15(5)6)26-18(24)14(3)4/h13-16,19H,7-12H2,1-6H3,(H,21,25)(H,22,23)/t16-,19+/m1/s1. The minimum absolute atomic E-state index is 0.148. The number of carbonyl (C=O) groups excluding carboxylic acids is 2. The van der Waals surface area contributed by atoms with E-state index in [0.29, 0.717) is 24.8 Å². The molecule has 7 heteroatoms. The van der Waals surface area contributed by atoms with E-state index in [0.717, 1.165) is 19.3 Å². The number of hydrogen-bond acceptors (Lipinski definition) is 5. The zero-order chi connectivity index (χ0) is 21.0. The van der Waals surface area contributed by atoms with Crippen LogP contribution in [0, 0.1) is 23.7 Å². The Hall–Kier alpha value is -1.79. The average Bonchev–Trinajstić information content (AvgIpc) is 2.54. The second-order valence-electron chi connectivity index (χ2n) is 8.11. The summed E-state index contributed by atoms with van der Waals surface area (Å²) in [6.07, 6.45) is 1.85. The van der Waals surface area contributed by atoms with Crippen LogP contribution < -0.4 is 5.32 Å². The zero-order valence-corrected chi connectivity index (χ0v) is 17.6. The number of carboxylic acid groups (broad SMARTS) is 1. The van der Waals surface area contributed by atoms with Gasteiger partial charge in [0.05, 0.1) is 5.92 Å². The first-order valence-electron chi connectivity index (χ1n) is 9.89. The third-order valence-corrected chi connectivity index (χ3v) is 4.10. The maximum Gasteiger partial charge on any atom is 0.410 e. The van der Waals surface area contributed by atoms with Gasteiger partial charge in [-0.1, -0.05) is 41.5 Å². The molecule has 2 atom stereocenters. The fourth-order valence-corrected chi connectivity index (χ4v) is 2.65. The summed E-state index contributed by atoms with van der Waals surface area (Å²) in [7, 11) is 0. The van der Waals surface area contributed by atoms with Gasteiger partial charge in [0, 0.05) is 18.9 Å². The second-order valence-corrected chi connectivity index (χ2v) is 8.11. The number of alkyl carbamates (subject to hydrolysis) is 1. The van der Waals surface area contributed by atoms with Crippen molar-refractivity contribution in [1.82, 2.24) is 5.32 Å². The lowest BCUT2D eigenvalue weighted by atomic mass is 9.89. The van der Waals surface area contributed by atoms with Gasteiger partial charge in [0.25, 0.3) is 6.29 Å². The predicted octanol–water partition coefficient (Wildman–Crippen LogP) is 4.20. The Morgan fingerprint density at radius 3 is 2.07 bits per heavy atom. The smallest absolute Gasteiger partial charge is 0.410 e. The van der Waals surface area contributed by atoms with Crippen molar-refractivity contribution in [1.29, 1.82) is 0 Å². The summed E-state index contributed by atoms with van der Waals surface area (Å²) in [6.45, 7) is 11.7. The van der Waals surface area contributed by atoms with Gasteiger partial charge in [0.15, 0.2) is 0 Å². The van der Waals surface area contributed by atoms with Crippen LogP contribution in [0.1, 0.15) is 73.6 Å². The molecule has 0 unspecified atom stereocenters. The summed E-state index contributed by atoms with van der Waals surface area (Å²) in [5.74, 6) is -0.789. The largest absolute Gasteiger partial charge is 0.481 e. The average molecular weight is 388 g/mol. The number of aliphatic carboxylic acids is 1. The molecular formula is C20H37NO6.